The quantitative estimate of drug-likeness (QED) is 0.638. The van der Waals surface area contributed by atoms with Crippen molar-refractivity contribution in [2.24, 2.45) is 11.8 Å². The smallest absolute Gasteiger partial charge is 0.308 e. The van der Waals surface area contributed by atoms with Crippen molar-refractivity contribution in [3.8, 4) is 0 Å². The van der Waals surface area contributed by atoms with E-state index in [0.29, 0.717) is 12.5 Å². The van der Waals surface area contributed by atoms with Gasteiger partial charge < -0.3 is 4.74 Å². The van der Waals surface area contributed by atoms with Gasteiger partial charge in [-0.1, -0.05) is 70.9 Å². The molecule has 0 radical (unpaired) electrons. The van der Waals surface area contributed by atoms with E-state index >= 15 is 0 Å². The molecule has 0 spiro atoms. The molecular weight excluding hydrogens is 248 g/mol. The largest absolute Gasteiger partial charge is 0.465 e. The Bertz CT molecular complexity index is 386. The first kappa shape index (κ1) is 16.7. The van der Waals surface area contributed by atoms with Crippen molar-refractivity contribution in [2.75, 3.05) is 6.61 Å². The average Bonchev–Trinajstić information content (AvgIpc) is 2.45. The molecule has 20 heavy (non-hydrogen) atoms. The summed E-state index contributed by atoms with van der Waals surface area (Å²) in [4.78, 5) is 12.0. The van der Waals surface area contributed by atoms with Gasteiger partial charge in [-0.15, -0.1) is 0 Å². The third kappa shape index (κ3) is 5.77. The van der Waals surface area contributed by atoms with Crippen LogP contribution in [-0.2, 0) is 9.53 Å². The molecule has 0 aliphatic heterocycles. The highest BCUT2D eigenvalue weighted by molar-refractivity contribution is 5.72. The van der Waals surface area contributed by atoms with Gasteiger partial charge >= 0.3 is 5.97 Å². The van der Waals surface area contributed by atoms with E-state index in [-0.39, 0.29) is 17.8 Å². The van der Waals surface area contributed by atoms with Crippen LogP contribution in [0.3, 0.4) is 0 Å². The van der Waals surface area contributed by atoms with Crippen molar-refractivity contribution in [3.05, 3.63) is 35.9 Å². The molecule has 3 atom stereocenters. The van der Waals surface area contributed by atoms with E-state index in [1.807, 2.05) is 25.1 Å². The lowest BCUT2D eigenvalue weighted by Crippen LogP contribution is -2.19. The second kappa shape index (κ2) is 8.78. The molecule has 1 rings (SSSR count). The molecule has 0 aliphatic carbocycles. The summed E-state index contributed by atoms with van der Waals surface area (Å²) in [6.45, 7) is 8.92. The molecule has 0 bridgehead atoms. The molecule has 2 heteroatoms. The lowest BCUT2D eigenvalue weighted by molar-refractivity contribution is -0.149. The van der Waals surface area contributed by atoms with Crippen LogP contribution in [0.15, 0.2) is 30.3 Å². The van der Waals surface area contributed by atoms with Gasteiger partial charge in [-0.25, -0.2) is 0 Å². The lowest BCUT2D eigenvalue weighted by Gasteiger charge is -2.18. The first-order valence-electron chi connectivity index (χ1n) is 7.76. The van der Waals surface area contributed by atoms with Crippen LogP contribution in [0.1, 0.15) is 58.4 Å². The summed E-state index contributed by atoms with van der Waals surface area (Å²) >= 11 is 0. The molecule has 0 N–H and O–H groups in total. The van der Waals surface area contributed by atoms with Gasteiger partial charge in [0, 0.05) is 5.92 Å². The van der Waals surface area contributed by atoms with Crippen LogP contribution in [0, 0.1) is 11.8 Å². The molecule has 1 unspecified atom stereocenters. The van der Waals surface area contributed by atoms with Crippen LogP contribution in [0.4, 0.5) is 0 Å². The van der Waals surface area contributed by atoms with Gasteiger partial charge in [0.2, 0.25) is 0 Å². The molecule has 0 aliphatic rings. The third-order valence-electron chi connectivity index (χ3n) is 3.78. The molecule has 0 heterocycles. The second-order valence-electron chi connectivity index (χ2n) is 5.97. The van der Waals surface area contributed by atoms with Crippen molar-refractivity contribution < 1.29 is 9.53 Å². The summed E-state index contributed by atoms with van der Waals surface area (Å²) < 4.78 is 5.46. The van der Waals surface area contributed by atoms with Crippen molar-refractivity contribution in [1.29, 1.82) is 0 Å². The normalized spacial score (nSPS) is 15.4. The summed E-state index contributed by atoms with van der Waals surface area (Å²) in [6.07, 6.45) is 3.28. The van der Waals surface area contributed by atoms with Gasteiger partial charge in [0.1, 0.15) is 0 Å². The zero-order valence-corrected chi connectivity index (χ0v) is 13.3. The molecule has 1 aromatic rings. The molecular formula is C18H28O2. The average molecular weight is 276 g/mol. The van der Waals surface area contributed by atoms with E-state index in [2.05, 4.69) is 32.9 Å². The Morgan fingerprint density at radius 2 is 1.80 bits per heavy atom. The molecule has 0 aromatic heterocycles. The molecule has 1 aromatic carbocycles. The minimum absolute atomic E-state index is 0.000441. The SMILES string of the molecule is CCC[C@@H](C)CC(C)C(=O)OC[C@H](C)c1ccccc1. The predicted molar refractivity (Wildman–Crippen MR) is 83.7 cm³/mol. The summed E-state index contributed by atoms with van der Waals surface area (Å²) in [7, 11) is 0. The summed E-state index contributed by atoms with van der Waals surface area (Å²) in [5.74, 6) is 0.782. The molecule has 2 nitrogen and oxygen atoms in total. The number of benzene rings is 1. The fourth-order valence-corrected chi connectivity index (χ4v) is 2.54. The van der Waals surface area contributed by atoms with E-state index in [9.17, 15) is 4.79 Å². The topological polar surface area (TPSA) is 26.3 Å². The Balaban J connectivity index is 2.35. The number of hydrogen-bond donors (Lipinski definition) is 0. The van der Waals surface area contributed by atoms with E-state index in [4.69, 9.17) is 4.74 Å². The zero-order chi connectivity index (χ0) is 15.0. The first-order chi connectivity index (χ1) is 9.54. The van der Waals surface area contributed by atoms with Crippen molar-refractivity contribution in [2.45, 2.75) is 52.9 Å². The van der Waals surface area contributed by atoms with Crippen molar-refractivity contribution in [3.63, 3.8) is 0 Å². The monoisotopic (exact) mass is 276 g/mol. The summed E-state index contributed by atoms with van der Waals surface area (Å²) in [6, 6.07) is 10.2. The maximum absolute atomic E-state index is 12.0. The summed E-state index contributed by atoms with van der Waals surface area (Å²) in [5, 5.41) is 0. The number of carbonyl (C=O) groups is 1. The highest BCUT2D eigenvalue weighted by Crippen LogP contribution is 2.19. The highest BCUT2D eigenvalue weighted by atomic mass is 16.5. The van der Waals surface area contributed by atoms with Gasteiger partial charge in [0.15, 0.2) is 0 Å². The van der Waals surface area contributed by atoms with Crippen LogP contribution in [0.2, 0.25) is 0 Å². The van der Waals surface area contributed by atoms with Crippen LogP contribution in [0.5, 0.6) is 0 Å². The Labute approximate surface area is 123 Å². The van der Waals surface area contributed by atoms with Gasteiger partial charge in [-0.05, 0) is 17.9 Å². The van der Waals surface area contributed by atoms with Crippen LogP contribution >= 0.6 is 0 Å². The first-order valence-corrected chi connectivity index (χ1v) is 7.76. The molecule has 0 fully saturated rings. The fourth-order valence-electron chi connectivity index (χ4n) is 2.54. The lowest BCUT2D eigenvalue weighted by atomic mass is 9.94. The van der Waals surface area contributed by atoms with Crippen LogP contribution in [-0.4, -0.2) is 12.6 Å². The van der Waals surface area contributed by atoms with E-state index < -0.39 is 0 Å². The summed E-state index contributed by atoms with van der Waals surface area (Å²) in [5.41, 5.74) is 1.22. The molecule has 112 valence electrons. The van der Waals surface area contributed by atoms with E-state index in [1.54, 1.807) is 0 Å². The number of esters is 1. The maximum atomic E-state index is 12.0. The highest BCUT2D eigenvalue weighted by Gasteiger charge is 2.18. The van der Waals surface area contributed by atoms with Crippen molar-refractivity contribution in [1.82, 2.24) is 0 Å². The van der Waals surface area contributed by atoms with E-state index in [1.165, 1.54) is 18.4 Å². The Morgan fingerprint density at radius 3 is 2.40 bits per heavy atom. The minimum Gasteiger partial charge on any atom is -0.465 e. The molecule has 0 saturated carbocycles. The third-order valence-corrected chi connectivity index (χ3v) is 3.78. The van der Waals surface area contributed by atoms with Gasteiger partial charge in [-0.2, -0.15) is 0 Å². The number of carbonyl (C=O) groups excluding carboxylic acids is 1. The van der Waals surface area contributed by atoms with Crippen LogP contribution in [0.25, 0.3) is 0 Å². The van der Waals surface area contributed by atoms with Gasteiger partial charge in [0.05, 0.1) is 12.5 Å². The fraction of sp³-hybridized carbons (Fsp3) is 0.611. The predicted octanol–water partition coefficient (Wildman–Crippen LogP) is 4.80. The number of rotatable bonds is 8. The molecule has 0 amide bonds. The van der Waals surface area contributed by atoms with E-state index in [0.717, 1.165) is 6.42 Å². The van der Waals surface area contributed by atoms with Crippen LogP contribution < -0.4 is 0 Å². The Morgan fingerprint density at radius 1 is 1.15 bits per heavy atom. The second-order valence-corrected chi connectivity index (χ2v) is 5.97. The maximum Gasteiger partial charge on any atom is 0.308 e. The molecule has 0 saturated heterocycles. The minimum atomic E-state index is -0.0595. The standard InChI is InChI=1S/C18H28O2/c1-5-9-14(2)12-15(3)18(19)20-13-16(4)17-10-7-6-8-11-17/h6-8,10-11,14-16H,5,9,12-13H2,1-4H3/t14-,15?,16+/m1/s1. The Kier molecular flexibility index (Phi) is 7.35. The Hall–Kier alpha value is -1.31. The van der Waals surface area contributed by atoms with Gasteiger partial charge in [-0.3, -0.25) is 4.79 Å². The zero-order valence-electron chi connectivity index (χ0n) is 13.3. The number of ether oxygens (including phenoxy) is 1. The van der Waals surface area contributed by atoms with Crippen molar-refractivity contribution >= 4 is 5.97 Å². The number of hydrogen-bond acceptors (Lipinski definition) is 2. The van der Waals surface area contributed by atoms with Gasteiger partial charge in [0.25, 0.3) is 0 Å².